The highest BCUT2D eigenvalue weighted by molar-refractivity contribution is 5.93. The minimum atomic E-state index is -4.43. The van der Waals surface area contributed by atoms with Crippen LogP contribution in [0.3, 0.4) is 0 Å². The molecule has 1 aromatic rings. The molecule has 0 aliphatic rings. The number of anilines is 1. The molecule has 0 saturated carbocycles. The number of carbonyl (C=O) groups is 1. The lowest BCUT2D eigenvalue weighted by Crippen LogP contribution is -2.27. The number of alkyl halides is 3. The van der Waals surface area contributed by atoms with E-state index in [9.17, 15) is 18.0 Å². The van der Waals surface area contributed by atoms with Gasteiger partial charge in [0.2, 0.25) is 5.91 Å². The van der Waals surface area contributed by atoms with Gasteiger partial charge in [-0.15, -0.1) is 0 Å². The Kier molecular flexibility index (Phi) is 4.34. The van der Waals surface area contributed by atoms with Crippen molar-refractivity contribution in [3.8, 4) is 0 Å². The Morgan fingerprint density at radius 1 is 1.44 bits per heavy atom. The first-order valence-electron chi connectivity index (χ1n) is 5.45. The Bertz CT molecular complexity index is 443. The second kappa shape index (κ2) is 5.39. The van der Waals surface area contributed by atoms with E-state index in [1.165, 1.54) is 19.1 Å². The molecule has 1 unspecified atom stereocenters. The molecule has 0 spiro atoms. The van der Waals surface area contributed by atoms with Crippen LogP contribution in [0.2, 0.25) is 0 Å². The van der Waals surface area contributed by atoms with E-state index in [1.54, 1.807) is 6.92 Å². The molecule has 18 heavy (non-hydrogen) atoms. The fraction of sp³-hybridized carbons (Fsp3) is 0.417. The van der Waals surface area contributed by atoms with Crippen molar-refractivity contribution < 1.29 is 18.0 Å². The summed E-state index contributed by atoms with van der Waals surface area (Å²) in [6.45, 7) is 3.08. The predicted molar refractivity (Wildman–Crippen MR) is 63.0 cm³/mol. The van der Waals surface area contributed by atoms with E-state index in [1.807, 2.05) is 0 Å². The van der Waals surface area contributed by atoms with E-state index in [0.717, 1.165) is 6.07 Å². The molecule has 1 amide bonds. The number of benzene rings is 1. The van der Waals surface area contributed by atoms with Crippen LogP contribution >= 0.6 is 0 Å². The van der Waals surface area contributed by atoms with E-state index in [4.69, 9.17) is 5.73 Å². The molecule has 0 aromatic heterocycles. The van der Waals surface area contributed by atoms with E-state index in [0.29, 0.717) is 0 Å². The van der Waals surface area contributed by atoms with Crippen LogP contribution in [0, 0.1) is 12.8 Å². The first-order chi connectivity index (χ1) is 8.27. The molecule has 0 heterocycles. The van der Waals surface area contributed by atoms with E-state index in [-0.39, 0.29) is 23.7 Å². The quantitative estimate of drug-likeness (QED) is 0.877. The topological polar surface area (TPSA) is 55.1 Å². The van der Waals surface area contributed by atoms with Crippen LogP contribution in [0.4, 0.5) is 18.9 Å². The van der Waals surface area contributed by atoms with E-state index >= 15 is 0 Å². The number of hydrogen-bond donors (Lipinski definition) is 2. The van der Waals surface area contributed by atoms with Gasteiger partial charge in [-0.25, -0.2) is 0 Å². The van der Waals surface area contributed by atoms with Crippen molar-refractivity contribution in [2.75, 3.05) is 11.9 Å². The smallest absolute Gasteiger partial charge is 0.330 e. The normalized spacial score (nSPS) is 13.2. The van der Waals surface area contributed by atoms with Gasteiger partial charge in [0, 0.05) is 18.2 Å². The summed E-state index contributed by atoms with van der Waals surface area (Å²) in [5.41, 5.74) is 4.74. The van der Waals surface area contributed by atoms with Crippen LogP contribution in [0.25, 0.3) is 0 Å². The molecule has 3 nitrogen and oxygen atoms in total. The van der Waals surface area contributed by atoms with Gasteiger partial charge in [0.1, 0.15) is 0 Å². The van der Waals surface area contributed by atoms with Crippen molar-refractivity contribution in [2.24, 2.45) is 11.7 Å². The van der Waals surface area contributed by atoms with E-state index in [2.05, 4.69) is 5.32 Å². The molecule has 3 N–H and O–H groups in total. The van der Waals surface area contributed by atoms with Crippen molar-refractivity contribution in [1.82, 2.24) is 0 Å². The van der Waals surface area contributed by atoms with Crippen molar-refractivity contribution >= 4 is 11.6 Å². The number of nitrogens with one attached hydrogen (secondary N) is 1. The first kappa shape index (κ1) is 14.5. The molecule has 1 aromatic carbocycles. The number of carbonyl (C=O) groups excluding carboxylic acids is 1. The molecule has 1 atom stereocenters. The largest absolute Gasteiger partial charge is 0.416 e. The Morgan fingerprint density at radius 3 is 2.56 bits per heavy atom. The third kappa shape index (κ3) is 3.22. The van der Waals surface area contributed by atoms with Crippen LogP contribution in [0.5, 0.6) is 0 Å². The average molecular weight is 260 g/mol. The summed E-state index contributed by atoms with van der Waals surface area (Å²) in [4.78, 5) is 11.6. The molecule has 0 radical (unpaired) electrons. The number of nitrogens with two attached hydrogens (primary N) is 1. The minimum Gasteiger partial charge on any atom is -0.330 e. The summed E-state index contributed by atoms with van der Waals surface area (Å²) in [5, 5.41) is 2.45. The molecule has 0 bridgehead atoms. The monoisotopic (exact) mass is 260 g/mol. The lowest BCUT2D eigenvalue weighted by atomic mass is 10.1. The zero-order valence-electron chi connectivity index (χ0n) is 10.1. The summed E-state index contributed by atoms with van der Waals surface area (Å²) < 4.78 is 38.0. The Morgan fingerprint density at radius 2 is 2.06 bits per heavy atom. The Hall–Kier alpha value is -1.56. The molecule has 0 aliphatic heterocycles. The maximum atomic E-state index is 12.7. The minimum absolute atomic E-state index is 0.00238. The lowest BCUT2D eigenvalue weighted by Gasteiger charge is -2.16. The van der Waals surface area contributed by atoms with Gasteiger partial charge in [0.15, 0.2) is 0 Å². The van der Waals surface area contributed by atoms with Crippen molar-refractivity contribution in [3.63, 3.8) is 0 Å². The predicted octanol–water partition coefficient (Wildman–Crippen LogP) is 2.55. The summed E-state index contributed by atoms with van der Waals surface area (Å²) in [6.07, 6.45) is -4.43. The highest BCUT2D eigenvalue weighted by Gasteiger charge is 2.33. The van der Waals surface area contributed by atoms with Crippen LogP contribution in [0.15, 0.2) is 18.2 Å². The van der Waals surface area contributed by atoms with Crippen molar-refractivity contribution in [1.29, 1.82) is 0 Å². The van der Waals surface area contributed by atoms with Crippen LogP contribution < -0.4 is 11.1 Å². The molecule has 1 rings (SSSR count). The maximum absolute atomic E-state index is 12.7. The van der Waals surface area contributed by atoms with Crippen LogP contribution in [-0.2, 0) is 11.0 Å². The summed E-state index contributed by atoms with van der Waals surface area (Å²) in [6, 6.07) is 3.68. The molecule has 0 fully saturated rings. The fourth-order valence-electron chi connectivity index (χ4n) is 1.44. The molecular formula is C12H15F3N2O. The molecule has 100 valence electrons. The Labute approximate surface area is 103 Å². The van der Waals surface area contributed by atoms with Crippen molar-refractivity contribution in [2.45, 2.75) is 20.0 Å². The standard InChI is InChI=1S/C12H15F3N2O/c1-7(6-16)11(18)17-10-5-3-4-9(8(10)2)12(13,14)15/h3-5,7H,6,16H2,1-2H3,(H,17,18). The highest BCUT2D eigenvalue weighted by atomic mass is 19.4. The third-order valence-electron chi connectivity index (χ3n) is 2.70. The fourth-order valence-corrected chi connectivity index (χ4v) is 1.44. The first-order valence-corrected chi connectivity index (χ1v) is 5.45. The van der Waals surface area contributed by atoms with Gasteiger partial charge in [-0.3, -0.25) is 4.79 Å². The number of rotatable bonds is 3. The summed E-state index contributed by atoms with van der Waals surface area (Å²) in [7, 11) is 0. The van der Waals surface area contributed by atoms with Crippen molar-refractivity contribution in [3.05, 3.63) is 29.3 Å². The molecular weight excluding hydrogens is 245 g/mol. The van der Waals surface area contributed by atoms with Gasteiger partial charge in [-0.05, 0) is 24.6 Å². The van der Waals surface area contributed by atoms with Gasteiger partial charge < -0.3 is 11.1 Å². The number of amides is 1. The van der Waals surface area contributed by atoms with Crippen LogP contribution in [-0.4, -0.2) is 12.5 Å². The second-order valence-electron chi connectivity index (χ2n) is 4.10. The zero-order valence-corrected chi connectivity index (χ0v) is 10.1. The Balaban J connectivity index is 3.02. The summed E-state index contributed by atoms with van der Waals surface area (Å²) in [5.74, 6) is -0.834. The van der Waals surface area contributed by atoms with Gasteiger partial charge in [-0.2, -0.15) is 13.2 Å². The number of halogens is 3. The van der Waals surface area contributed by atoms with Gasteiger partial charge in [0.05, 0.1) is 5.56 Å². The molecule has 6 heteroatoms. The van der Waals surface area contributed by atoms with Crippen LogP contribution in [0.1, 0.15) is 18.1 Å². The molecule has 0 aliphatic carbocycles. The highest BCUT2D eigenvalue weighted by Crippen LogP contribution is 2.34. The average Bonchev–Trinajstić information content (AvgIpc) is 2.29. The summed E-state index contributed by atoms with van der Waals surface area (Å²) >= 11 is 0. The van der Waals surface area contributed by atoms with Gasteiger partial charge in [0.25, 0.3) is 0 Å². The van der Waals surface area contributed by atoms with Gasteiger partial charge in [-0.1, -0.05) is 13.0 Å². The van der Waals surface area contributed by atoms with Gasteiger partial charge >= 0.3 is 6.18 Å². The third-order valence-corrected chi connectivity index (χ3v) is 2.70. The SMILES string of the molecule is Cc1c(NC(=O)C(C)CN)cccc1C(F)(F)F. The molecule has 0 saturated heterocycles. The number of hydrogen-bond acceptors (Lipinski definition) is 2. The lowest BCUT2D eigenvalue weighted by molar-refractivity contribution is -0.138. The second-order valence-corrected chi connectivity index (χ2v) is 4.10. The maximum Gasteiger partial charge on any atom is 0.416 e. The zero-order chi connectivity index (χ0) is 13.9. The van der Waals surface area contributed by atoms with E-state index < -0.39 is 17.7 Å².